The highest BCUT2D eigenvalue weighted by molar-refractivity contribution is 5.73. The summed E-state index contributed by atoms with van der Waals surface area (Å²) in [6.45, 7) is 1.91. The van der Waals surface area contributed by atoms with Crippen LogP contribution < -0.4 is 11.1 Å². The van der Waals surface area contributed by atoms with E-state index in [1.165, 1.54) is 6.92 Å². The lowest BCUT2D eigenvalue weighted by Gasteiger charge is -2.47. The molecule has 2 saturated heterocycles. The van der Waals surface area contributed by atoms with Gasteiger partial charge in [-0.25, -0.2) is 0 Å². The zero-order valence-electron chi connectivity index (χ0n) is 20.6. The van der Waals surface area contributed by atoms with E-state index < -0.39 is 86.4 Å². The fourth-order valence-electron chi connectivity index (χ4n) is 4.22. The molecule has 2 fully saturated rings. The van der Waals surface area contributed by atoms with Crippen molar-refractivity contribution in [3.63, 3.8) is 0 Å². The summed E-state index contributed by atoms with van der Waals surface area (Å²) in [5.74, 6) is -1.25. The maximum atomic E-state index is 11.9. The average Bonchev–Trinajstić information content (AvgIpc) is 2.83. The molecule has 2 aliphatic rings. The molecule has 0 aromatic heterocycles. The number of carbonyl (C=O) groups is 2. The van der Waals surface area contributed by atoms with E-state index in [4.69, 9.17) is 29.4 Å². The quantitative estimate of drug-likeness (QED) is 0.0936. The number of aliphatic hydroxyl groups is 5. The van der Waals surface area contributed by atoms with Gasteiger partial charge in [-0.3, -0.25) is 9.59 Å². The number of unbranched alkanes of at least 4 members (excludes halogenated alkanes) is 3. The molecular weight excluding hydrogens is 484 g/mol. The molecule has 14 heteroatoms. The monoisotopic (exact) mass is 524 g/mol. The molecule has 36 heavy (non-hydrogen) atoms. The van der Waals surface area contributed by atoms with Crippen molar-refractivity contribution in [3.05, 3.63) is 0 Å². The Bertz CT molecular complexity index is 683. The second kappa shape index (κ2) is 15.1. The van der Waals surface area contributed by atoms with Crippen LogP contribution in [0.5, 0.6) is 0 Å². The Hall–Kier alpha value is -1.46. The van der Waals surface area contributed by atoms with E-state index in [9.17, 15) is 35.1 Å². The lowest BCUT2D eigenvalue weighted by molar-refractivity contribution is -0.345. The van der Waals surface area contributed by atoms with Crippen LogP contribution in [0.1, 0.15) is 39.5 Å². The predicted octanol–water partition coefficient (Wildman–Crippen LogP) is -3.14. The highest BCUT2D eigenvalue weighted by Crippen LogP contribution is 2.30. The lowest BCUT2D eigenvalue weighted by atomic mass is 9.95. The topological polar surface area (TPSA) is 219 Å². The highest BCUT2D eigenvalue weighted by Gasteiger charge is 2.52. The summed E-state index contributed by atoms with van der Waals surface area (Å²) < 4.78 is 27.8. The van der Waals surface area contributed by atoms with Gasteiger partial charge in [-0.1, -0.05) is 12.8 Å². The van der Waals surface area contributed by atoms with Gasteiger partial charge >= 0.3 is 5.97 Å². The number of hydrogen-bond acceptors (Lipinski definition) is 13. The average molecular weight is 525 g/mol. The minimum atomic E-state index is -1.75. The molecule has 0 aromatic carbocycles. The number of rotatable bonds is 13. The Balaban J connectivity index is 2.19. The Kier molecular flexibility index (Phi) is 12.9. The number of esters is 1. The highest BCUT2D eigenvalue weighted by atomic mass is 16.7. The van der Waals surface area contributed by atoms with E-state index in [0.29, 0.717) is 13.0 Å². The van der Waals surface area contributed by atoms with Crippen LogP contribution >= 0.6 is 0 Å². The molecule has 0 aliphatic carbocycles. The number of carbonyl (C=O) groups excluding carboxylic acids is 2. The number of amides is 1. The van der Waals surface area contributed by atoms with Crippen molar-refractivity contribution in [1.82, 2.24) is 5.32 Å². The first-order valence-corrected chi connectivity index (χ1v) is 12.1. The van der Waals surface area contributed by atoms with Crippen molar-refractivity contribution in [2.24, 2.45) is 5.73 Å². The Morgan fingerprint density at radius 1 is 0.861 bits per heavy atom. The zero-order chi connectivity index (χ0) is 26.8. The van der Waals surface area contributed by atoms with Crippen molar-refractivity contribution in [3.8, 4) is 0 Å². The van der Waals surface area contributed by atoms with Gasteiger partial charge in [0.2, 0.25) is 5.91 Å². The second-order valence-corrected chi connectivity index (χ2v) is 8.90. The number of hydrogen-bond donors (Lipinski definition) is 7. The van der Waals surface area contributed by atoms with Crippen LogP contribution in [0.25, 0.3) is 0 Å². The van der Waals surface area contributed by atoms with E-state index in [1.54, 1.807) is 0 Å². The third-order valence-corrected chi connectivity index (χ3v) is 6.02. The van der Waals surface area contributed by atoms with Crippen molar-refractivity contribution in [2.75, 3.05) is 26.4 Å². The molecule has 0 spiro atoms. The molecule has 2 rings (SSSR count). The van der Waals surface area contributed by atoms with Gasteiger partial charge in [-0.05, 0) is 19.4 Å². The first-order chi connectivity index (χ1) is 17.1. The summed E-state index contributed by atoms with van der Waals surface area (Å²) in [7, 11) is 0. The molecule has 210 valence electrons. The van der Waals surface area contributed by atoms with Crippen LogP contribution in [0, 0.1) is 0 Å². The van der Waals surface area contributed by atoms with Gasteiger partial charge in [0, 0.05) is 20.5 Å². The van der Waals surface area contributed by atoms with Gasteiger partial charge in [0.05, 0.1) is 13.2 Å². The number of nitrogens with two attached hydrogens (primary N) is 1. The predicted molar refractivity (Wildman–Crippen MR) is 121 cm³/mol. The van der Waals surface area contributed by atoms with Crippen molar-refractivity contribution >= 4 is 11.9 Å². The molecule has 0 aromatic rings. The maximum absolute atomic E-state index is 11.9. The van der Waals surface area contributed by atoms with Gasteiger partial charge in [0.1, 0.15) is 42.7 Å². The van der Waals surface area contributed by atoms with E-state index >= 15 is 0 Å². The number of nitrogens with one attached hydrogen (secondary N) is 1. The first-order valence-electron chi connectivity index (χ1n) is 12.1. The molecule has 2 heterocycles. The van der Waals surface area contributed by atoms with Crippen molar-refractivity contribution in [1.29, 1.82) is 0 Å². The van der Waals surface area contributed by atoms with E-state index in [1.807, 2.05) is 0 Å². The van der Waals surface area contributed by atoms with Gasteiger partial charge < -0.3 is 60.3 Å². The largest absolute Gasteiger partial charge is 0.457 e. The van der Waals surface area contributed by atoms with Crippen LogP contribution in [-0.2, 0) is 33.3 Å². The molecule has 8 N–H and O–H groups in total. The maximum Gasteiger partial charge on any atom is 0.303 e. The SMILES string of the molecule is CC(=O)N[C@H]1[C@H](OCCCCCCN)O[C@H](CO)[C@@H](O)[C@@H]1O[C@@H]1O[C@H](CO)[C@H](OC(C)=O)[C@H](O)[C@H]1O. The van der Waals surface area contributed by atoms with Crippen LogP contribution in [0.3, 0.4) is 0 Å². The van der Waals surface area contributed by atoms with Crippen LogP contribution in [0.4, 0.5) is 0 Å². The van der Waals surface area contributed by atoms with E-state index in [-0.39, 0.29) is 6.61 Å². The third kappa shape index (κ3) is 8.28. The Morgan fingerprint density at radius 2 is 1.50 bits per heavy atom. The van der Waals surface area contributed by atoms with Crippen LogP contribution in [0.2, 0.25) is 0 Å². The Morgan fingerprint density at radius 3 is 2.08 bits per heavy atom. The molecule has 0 unspecified atom stereocenters. The van der Waals surface area contributed by atoms with E-state index in [0.717, 1.165) is 26.2 Å². The third-order valence-electron chi connectivity index (χ3n) is 6.02. The van der Waals surface area contributed by atoms with Gasteiger partial charge in [0.15, 0.2) is 18.7 Å². The molecule has 0 bridgehead atoms. The van der Waals surface area contributed by atoms with Gasteiger partial charge in [0.25, 0.3) is 0 Å². The minimum absolute atomic E-state index is 0.254. The van der Waals surface area contributed by atoms with Gasteiger partial charge in [-0.15, -0.1) is 0 Å². The molecule has 2 aliphatic heterocycles. The second-order valence-electron chi connectivity index (χ2n) is 8.90. The molecule has 10 atom stereocenters. The number of aliphatic hydroxyl groups excluding tert-OH is 5. The fraction of sp³-hybridized carbons (Fsp3) is 0.909. The lowest BCUT2D eigenvalue weighted by Crippen LogP contribution is -2.68. The summed E-state index contributed by atoms with van der Waals surface area (Å²) in [4.78, 5) is 23.3. The molecule has 0 saturated carbocycles. The normalized spacial score (nSPS) is 36.9. The van der Waals surface area contributed by atoms with Crippen molar-refractivity contribution < 1.29 is 58.8 Å². The standard InChI is InChI=1S/C22H40N2O12/c1-11(27)24-15-20(16(29)13(9-25)34-21(15)32-8-6-4-3-5-7-23)36-22-18(31)17(30)19(33-12(2)28)14(10-26)35-22/h13-22,25-26,29-31H,3-10,23H2,1-2H3,(H,24,27)/t13-,14-,15-,16-,17-,18-,19+,20-,21-,22+/m1/s1. The van der Waals surface area contributed by atoms with E-state index in [2.05, 4.69) is 5.32 Å². The number of ether oxygens (including phenoxy) is 5. The summed E-state index contributed by atoms with van der Waals surface area (Å²) >= 11 is 0. The van der Waals surface area contributed by atoms with Gasteiger partial charge in [-0.2, -0.15) is 0 Å². The molecule has 0 radical (unpaired) electrons. The summed E-state index contributed by atoms with van der Waals surface area (Å²) in [6, 6.07) is -1.09. The first kappa shape index (κ1) is 30.8. The summed E-state index contributed by atoms with van der Waals surface area (Å²) in [5, 5.41) is 53.9. The zero-order valence-corrected chi connectivity index (χ0v) is 20.6. The van der Waals surface area contributed by atoms with Crippen molar-refractivity contribution in [2.45, 2.75) is 101 Å². The Labute approximate surface area is 209 Å². The smallest absolute Gasteiger partial charge is 0.303 e. The molecular formula is C22H40N2O12. The fourth-order valence-corrected chi connectivity index (χ4v) is 4.22. The van der Waals surface area contributed by atoms with Crippen LogP contribution in [0.15, 0.2) is 0 Å². The molecule has 1 amide bonds. The van der Waals surface area contributed by atoms with Crippen LogP contribution in [-0.4, -0.2) is 125 Å². The minimum Gasteiger partial charge on any atom is -0.457 e. The molecule has 14 nitrogen and oxygen atoms in total. The summed E-state index contributed by atoms with van der Waals surface area (Å²) in [6.07, 6.45) is -9.42. The summed E-state index contributed by atoms with van der Waals surface area (Å²) in [5.41, 5.74) is 5.49.